The molecular weight excluding hydrogens is 506 g/mol. The Morgan fingerprint density at radius 2 is 1.90 bits per heavy atom. The maximum absolute atomic E-state index is 13.7. The predicted octanol–water partition coefficient (Wildman–Crippen LogP) is 6.61. The van der Waals surface area contributed by atoms with E-state index >= 15 is 0 Å². The Morgan fingerprint density at radius 3 is 2.65 bits per heavy atom. The minimum atomic E-state index is -0.319. The van der Waals surface area contributed by atoms with Crippen molar-refractivity contribution in [1.29, 1.82) is 0 Å². The molecule has 0 aliphatic heterocycles. The van der Waals surface area contributed by atoms with E-state index in [9.17, 15) is 4.79 Å². The number of aromatic nitrogens is 2. The summed E-state index contributed by atoms with van der Waals surface area (Å²) in [5.74, 6) is 2.60. The molecule has 8 nitrogen and oxygen atoms in total. The van der Waals surface area contributed by atoms with Crippen LogP contribution in [0.2, 0.25) is 0 Å². The van der Waals surface area contributed by atoms with E-state index in [0.717, 1.165) is 16.5 Å². The molecule has 0 bridgehead atoms. The average molecular weight is 538 g/mol. The average Bonchev–Trinajstić information content (AvgIpc) is 3.39. The number of ether oxygens (including phenoxy) is 3. The van der Waals surface area contributed by atoms with Gasteiger partial charge in [0.2, 0.25) is 5.82 Å². The fourth-order valence-corrected chi connectivity index (χ4v) is 4.53. The fourth-order valence-electron chi connectivity index (χ4n) is 4.53. The molecule has 8 heteroatoms. The van der Waals surface area contributed by atoms with Crippen LogP contribution < -0.4 is 19.8 Å². The molecule has 0 radical (unpaired) electrons. The molecule has 0 atom stereocenters. The predicted molar refractivity (Wildman–Crippen MR) is 158 cm³/mol. The summed E-state index contributed by atoms with van der Waals surface area (Å²) >= 11 is 0. The van der Waals surface area contributed by atoms with Crippen LogP contribution in [0, 0.1) is 0 Å². The number of hydrogen-bond acceptors (Lipinski definition) is 7. The van der Waals surface area contributed by atoms with Gasteiger partial charge in [0.15, 0.2) is 17.3 Å². The summed E-state index contributed by atoms with van der Waals surface area (Å²) in [5.41, 5.74) is 2.48. The van der Waals surface area contributed by atoms with Crippen LogP contribution in [0.15, 0.2) is 87.6 Å². The van der Waals surface area contributed by atoms with Gasteiger partial charge in [-0.3, -0.25) is 4.79 Å². The Balaban J connectivity index is 1.68. The van der Waals surface area contributed by atoms with Crippen LogP contribution in [0.5, 0.6) is 17.2 Å². The molecule has 0 saturated heterocycles. The summed E-state index contributed by atoms with van der Waals surface area (Å²) in [5, 5.41) is 5.83. The molecule has 5 aromatic rings. The van der Waals surface area contributed by atoms with Gasteiger partial charge in [0.1, 0.15) is 11.3 Å². The van der Waals surface area contributed by atoms with Gasteiger partial charge >= 0.3 is 0 Å². The molecule has 2 aromatic heterocycles. The van der Waals surface area contributed by atoms with Crippen molar-refractivity contribution in [2.24, 2.45) is 5.10 Å². The van der Waals surface area contributed by atoms with Crippen LogP contribution in [0.1, 0.15) is 31.9 Å². The largest absolute Gasteiger partial charge is 0.496 e. The van der Waals surface area contributed by atoms with E-state index < -0.39 is 0 Å². The molecule has 0 amide bonds. The molecular formula is C32H31N3O5. The van der Waals surface area contributed by atoms with Crippen LogP contribution in [0.3, 0.4) is 0 Å². The lowest BCUT2D eigenvalue weighted by Crippen LogP contribution is -2.20. The van der Waals surface area contributed by atoms with Crippen molar-refractivity contribution in [3.63, 3.8) is 0 Å². The first-order chi connectivity index (χ1) is 19.4. The molecule has 0 spiro atoms. The number of rotatable bonds is 10. The zero-order valence-electron chi connectivity index (χ0n) is 23.0. The maximum Gasteiger partial charge on any atom is 0.282 e. The van der Waals surface area contributed by atoms with Gasteiger partial charge in [-0.05, 0) is 75.2 Å². The van der Waals surface area contributed by atoms with E-state index in [0.29, 0.717) is 52.5 Å². The van der Waals surface area contributed by atoms with Crippen molar-refractivity contribution < 1.29 is 18.6 Å². The SMILES string of the molecule is C=CCc1cc(C=Nn2c(-c3cc4c(OC)cccc4o3)nc3ccccc3c2=O)cc(OCC)c1OC(C)C. The molecule has 0 aliphatic carbocycles. The van der Waals surface area contributed by atoms with E-state index in [-0.39, 0.29) is 17.5 Å². The Labute approximate surface area is 232 Å². The zero-order valence-corrected chi connectivity index (χ0v) is 23.0. The van der Waals surface area contributed by atoms with E-state index in [1.54, 1.807) is 31.5 Å². The van der Waals surface area contributed by atoms with Crippen molar-refractivity contribution in [2.75, 3.05) is 13.7 Å². The van der Waals surface area contributed by atoms with Crippen LogP contribution in [-0.2, 0) is 6.42 Å². The highest BCUT2D eigenvalue weighted by atomic mass is 16.5. The minimum Gasteiger partial charge on any atom is -0.496 e. The molecule has 40 heavy (non-hydrogen) atoms. The third kappa shape index (κ3) is 5.20. The van der Waals surface area contributed by atoms with Crippen molar-refractivity contribution in [1.82, 2.24) is 9.66 Å². The smallest absolute Gasteiger partial charge is 0.282 e. The third-order valence-corrected chi connectivity index (χ3v) is 6.21. The van der Waals surface area contributed by atoms with Gasteiger partial charge in [0.05, 0.1) is 42.3 Å². The van der Waals surface area contributed by atoms with Gasteiger partial charge in [-0.2, -0.15) is 9.78 Å². The normalized spacial score (nSPS) is 11.5. The van der Waals surface area contributed by atoms with E-state index in [1.807, 2.05) is 69.3 Å². The van der Waals surface area contributed by atoms with Gasteiger partial charge in [-0.25, -0.2) is 4.98 Å². The lowest BCUT2D eigenvalue weighted by molar-refractivity contribution is 0.222. The molecule has 2 heterocycles. The Hall–Kier alpha value is -4.85. The summed E-state index contributed by atoms with van der Waals surface area (Å²) in [6, 6.07) is 18.3. The van der Waals surface area contributed by atoms with Gasteiger partial charge in [-0.1, -0.05) is 24.3 Å². The van der Waals surface area contributed by atoms with Gasteiger partial charge < -0.3 is 18.6 Å². The quantitative estimate of drug-likeness (QED) is 0.147. The second kappa shape index (κ2) is 11.5. The second-order valence-corrected chi connectivity index (χ2v) is 9.40. The number of para-hydroxylation sites is 1. The van der Waals surface area contributed by atoms with Crippen molar-refractivity contribution in [2.45, 2.75) is 33.3 Å². The lowest BCUT2D eigenvalue weighted by Gasteiger charge is -2.18. The first-order valence-corrected chi connectivity index (χ1v) is 13.1. The number of fused-ring (bicyclic) bond motifs is 2. The van der Waals surface area contributed by atoms with E-state index in [4.69, 9.17) is 23.6 Å². The summed E-state index contributed by atoms with van der Waals surface area (Å²) in [7, 11) is 1.60. The number of allylic oxidation sites excluding steroid dienone is 1. The monoisotopic (exact) mass is 537 g/mol. The van der Waals surface area contributed by atoms with Crippen LogP contribution in [0.4, 0.5) is 0 Å². The summed E-state index contributed by atoms with van der Waals surface area (Å²) < 4.78 is 24.9. The first kappa shape index (κ1) is 26.7. The third-order valence-electron chi connectivity index (χ3n) is 6.21. The molecule has 204 valence electrons. The van der Waals surface area contributed by atoms with Gasteiger partial charge in [-0.15, -0.1) is 6.58 Å². The fraction of sp³-hybridized carbons (Fsp3) is 0.219. The van der Waals surface area contributed by atoms with Crippen LogP contribution >= 0.6 is 0 Å². The molecule has 0 unspecified atom stereocenters. The minimum absolute atomic E-state index is 0.0328. The highest BCUT2D eigenvalue weighted by Gasteiger charge is 2.19. The number of methoxy groups -OCH3 is 1. The van der Waals surface area contributed by atoms with Gasteiger partial charge in [0.25, 0.3) is 5.56 Å². The van der Waals surface area contributed by atoms with Crippen molar-refractivity contribution in [3.05, 3.63) is 94.8 Å². The van der Waals surface area contributed by atoms with Crippen LogP contribution in [-0.4, -0.2) is 35.7 Å². The van der Waals surface area contributed by atoms with Gasteiger partial charge in [0, 0.05) is 5.56 Å². The molecule has 0 fully saturated rings. The van der Waals surface area contributed by atoms with Crippen molar-refractivity contribution >= 4 is 28.1 Å². The summed E-state index contributed by atoms with van der Waals surface area (Å²) in [6.45, 7) is 10.2. The zero-order chi connectivity index (χ0) is 28.2. The van der Waals surface area contributed by atoms with Crippen LogP contribution in [0.25, 0.3) is 33.5 Å². The highest BCUT2D eigenvalue weighted by molar-refractivity contribution is 5.89. The summed E-state index contributed by atoms with van der Waals surface area (Å²) in [6.07, 6.45) is 3.96. The lowest BCUT2D eigenvalue weighted by atomic mass is 10.1. The number of hydrogen-bond donors (Lipinski definition) is 0. The Kier molecular flexibility index (Phi) is 7.68. The topological polar surface area (TPSA) is 88.1 Å². The molecule has 0 N–H and O–H groups in total. The maximum atomic E-state index is 13.7. The molecule has 5 rings (SSSR count). The molecule has 0 aliphatic rings. The first-order valence-electron chi connectivity index (χ1n) is 13.1. The van der Waals surface area contributed by atoms with E-state index in [2.05, 4.69) is 11.7 Å². The number of benzene rings is 3. The molecule has 0 saturated carbocycles. The Bertz CT molecular complexity index is 1780. The molecule has 3 aromatic carbocycles. The summed E-state index contributed by atoms with van der Waals surface area (Å²) in [4.78, 5) is 18.4. The standard InChI is InChI=1S/C32H31N3O5/c1-6-11-22-16-21(17-28(38-7-2)30(22)39-20(3)4)19-33-35-31(34-25-13-9-8-12-23(25)32(35)36)29-18-24-26(37-5)14-10-15-27(24)40-29/h6,8-10,12-20H,1,7,11H2,2-5H3. The van der Waals surface area contributed by atoms with Crippen molar-refractivity contribution in [3.8, 4) is 28.8 Å². The number of furan rings is 1. The number of nitrogens with zero attached hydrogens (tertiary/aromatic N) is 3. The van der Waals surface area contributed by atoms with E-state index in [1.165, 1.54) is 4.68 Å². The second-order valence-electron chi connectivity index (χ2n) is 9.40. The Morgan fingerprint density at radius 1 is 1.07 bits per heavy atom. The highest BCUT2D eigenvalue weighted by Crippen LogP contribution is 2.35.